The van der Waals surface area contributed by atoms with Crippen molar-refractivity contribution in [3.63, 3.8) is 0 Å². The van der Waals surface area contributed by atoms with Crippen LogP contribution in [-0.2, 0) is 9.59 Å². The molecule has 0 bridgehead atoms. The molecule has 92 valence electrons. The SMILES string of the molecule is CC1(C)C(NC(=O)CCCC(=O)O)C1(C)C. The summed E-state index contributed by atoms with van der Waals surface area (Å²) >= 11 is 0. The van der Waals surface area contributed by atoms with Gasteiger partial charge < -0.3 is 10.4 Å². The fourth-order valence-corrected chi connectivity index (χ4v) is 2.19. The number of hydrogen-bond donors (Lipinski definition) is 2. The first-order chi connectivity index (χ1) is 7.19. The maximum absolute atomic E-state index is 11.5. The summed E-state index contributed by atoms with van der Waals surface area (Å²) in [6, 6.07) is 0.206. The zero-order chi connectivity index (χ0) is 12.6. The Balaban J connectivity index is 2.29. The van der Waals surface area contributed by atoms with Gasteiger partial charge in [-0.05, 0) is 17.3 Å². The lowest BCUT2D eigenvalue weighted by molar-refractivity contribution is -0.137. The summed E-state index contributed by atoms with van der Waals surface area (Å²) in [6.45, 7) is 8.54. The van der Waals surface area contributed by atoms with E-state index < -0.39 is 5.97 Å². The van der Waals surface area contributed by atoms with Crippen LogP contribution in [0, 0.1) is 10.8 Å². The molecule has 0 aliphatic heterocycles. The molecule has 2 N–H and O–H groups in total. The standard InChI is InChI=1S/C12H21NO3/c1-11(2)10(12(11,3)4)13-8(14)6-5-7-9(15)16/h10H,5-7H2,1-4H3,(H,13,14)(H,15,16). The van der Waals surface area contributed by atoms with Gasteiger partial charge in [-0.15, -0.1) is 0 Å². The smallest absolute Gasteiger partial charge is 0.303 e. The van der Waals surface area contributed by atoms with Gasteiger partial charge in [-0.1, -0.05) is 27.7 Å². The van der Waals surface area contributed by atoms with Gasteiger partial charge in [0, 0.05) is 18.9 Å². The van der Waals surface area contributed by atoms with Crippen molar-refractivity contribution in [2.24, 2.45) is 10.8 Å². The molecule has 0 saturated heterocycles. The molecule has 1 amide bonds. The zero-order valence-corrected chi connectivity index (χ0v) is 10.5. The number of rotatable bonds is 5. The van der Waals surface area contributed by atoms with Crippen LogP contribution in [0.5, 0.6) is 0 Å². The summed E-state index contributed by atoms with van der Waals surface area (Å²) < 4.78 is 0. The predicted molar refractivity (Wildman–Crippen MR) is 61.0 cm³/mol. The van der Waals surface area contributed by atoms with Crippen LogP contribution in [0.25, 0.3) is 0 Å². The van der Waals surface area contributed by atoms with Gasteiger partial charge in [0.2, 0.25) is 5.91 Å². The molecule has 0 heterocycles. The third-order valence-corrected chi connectivity index (χ3v) is 4.12. The van der Waals surface area contributed by atoms with Gasteiger partial charge in [0.15, 0.2) is 0 Å². The Morgan fingerprint density at radius 1 is 1.12 bits per heavy atom. The molecule has 0 spiro atoms. The third-order valence-electron chi connectivity index (χ3n) is 4.12. The lowest BCUT2D eigenvalue weighted by Crippen LogP contribution is -2.29. The molecule has 0 radical (unpaired) electrons. The summed E-state index contributed by atoms with van der Waals surface area (Å²) in [6.07, 6.45) is 0.772. The summed E-state index contributed by atoms with van der Waals surface area (Å²) in [4.78, 5) is 21.8. The van der Waals surface area contributed by atoms with Gasteiger partial charge in [-0.3, -0.25) is 9.59 Å². The van der Waals surface area contributed by atoms with Crippen molar-refractivity contribution in [2.75, 3.05) is 0 Å². The van der Waals surface area contributed by atoms with E-state index in [1.807, 2.05) is 0 Å². The molecule has 0 aromatic rings. The molecular weight excluding hydrogens is 206 g/mol. The lowest BCUT2D eigenvalue weighted by Gasteiger charge is -2.05. The first-order valence-electron chi connectivity index (χ1n) is 5.70. The number of carbonyl (C=O) groups excluding carboxylic acids is 1. The molecule has 4 heteroatoms. The minimum absolute atomic E-state index is 0.0371. The molecule has 0 atom stereocenters. The highest BCUT2D eigenvalue weighted by molar-refractivity contribution is 5.77. The minimum atomic E-state index is -0.847. The van der Waals surface area contributed by atoms with Crippen LogP contribution in [0.4, 0.5) is 0 Å². The molecule has 1 saturated carbocycles. The molecule has 1 aliphatic rings. The van der Waals surface area contributed by atoms with Gasteiger partial charge in [-0.25, -0.2) is 0 Å². The Morgan fingerprint density at radius 2 is 1.62 bits per heavy atom. The zero-order valence-electron chi connectivity index (χ0n) is 10.5. The van der Waals surface area contributed by atoms with E-state index in [1.54, 1.807) is 0 Å². The van der Waals surface area contributed by atoms with E-state index in [0.29, 0.717) is 12.8 Å². The molecule has 4 nitrogen and oxygen atoms in total. The predicted octanol–water partition coefficient (Wildman–Crippen LogP) is 1.79. The summed E-state index contributed by atoms with van der Waals surface area (Å²) in [5.41, 5.74) is 0.269. The molecule has 0 aromatic carbocycles. The Hall–Kier alpha value is -1.06. The van der Waals surface area contributed by atoms with E-state index in [9.17, 15) is 9.59 Å². The number of nitrogens with one attached hydrogen (secondary N) is 1. The summed E-state index contributed by atoms with van der Waals surface area (Å²) in [7, 11) is 0. The van der Waals surface area contributed by atoms with Gasteiger partial charge in [0.05, 0.1) is 0 Å². The fourth-order valence-electron chi connectivity index (χ4n) is 2.19. The van der Waals surface area contributed by atoms with Crippen LogP contribution >= 0.6 is 0 Å². The van der Waals surface area contributed by atoms with E-state index in [0.717, 1.165) is 0 Å². The second-order valence-corrected chi connectivity index (χ2v) is 5.69. The van der Waals surface area contributed by atoms with Gasteiger partial charge in [0.25, 0.3) is 0 Å². The first kappa shape index (κ1) is 13.0. The Kier molecular flexibility index (Phi) is 3.31. The molecule has 0 aromatic heterocycles. The second kappa shape index (κ2) is 4.07. The van der Waals surface area contributed by atoms with E-state index >= 15 is 0 Å². The molecule has 1 aliphatic carbocycles. The number of carboxylic acid groups (broad SMARTS) is 1. The maximum atomic E-state index is 11.5. The number of carbonyl (C=O) groups is 2. The minimum Gasteiger partial charge on any atom is -0.481 e. The van der Waals surface area contributed by atoms with Crippen molar-refractivity contribution in [2.45, 2.75) is 53.0 Å². The molecule has 1 fully saturated rings. The van der Waals surface area contributed by atoms with E-state index in [-0.39, 0.29) is 29.2 Å². The second-order valence-electron chi connectivity index (χ2n) is 5.69. The van der Waals surface area contributed by atoms with Crippen molar-refractivity contribution in [3.05, 3.63) is 0 Å². The van der Waals surface area contributed by atoms with Gasteiger partial charge in [-0.2, -0.15) is 0 Å². The van der Waals surface area contributed by atoms with Crippen LogP contribution < -0.4 is 5.32 Å². The van der Waals surface area contributed by atoms with Crippen LogP contribution in [0.1, 0.15) is 47.0 Å². The maximum Gasteiger partial charge on any atom is 0.303 e. The van der Waals surface area contributed by atoms with Crippen LogP contribution in [-0.4, -0.2) is 23.0 Å². The molecule has 1 rings (SSSR count). The highest BCUT2D eigenvalue weighted by Crippen LogP contribution is 2.62. The largest absolute Gasteiger partial charge is 0.481 e. The Bertz CT molecular complexity index is 293. The monoisotopic (exact) mass is 227 g/mol. The summed E-state index contributed by atoms with van der Waals surface area (Å²) in [5.74, 6) is -0.884. The van der Waals surface area contributed by atoms with E-state index in [2.05, 4.69) is 33.0 Å². The normalized spacial score (nSPS) is 21.5. The third kappa shape index (κ3) is 2.36. The topological polar surface area (TPSA) is 66.4 Å². The van der Waals surface area contributed by atoms with Crippen LogP contribution in [0.15, 0.2) is 0 Å². The molecule has 0 unspecified atom stereocenters. The first-order valence-corrected chi connectivity index (χ1v) is 5.70. The fraction of sp³-hybridized carbons (Fsp3) is 0.833. The average Bonchev–Trinajstić information content (AvgIpc) is 2.47. The van der Waals surface area contributed by atoms with Crippen molar-refractivity contribution in [1.29, 1.82) is 0 Å². The summed E-state index contributed by atoms with van der Waals surface area (Å²) in [5, 5.41) is 11.4. The van der Waals surface area contributed by atoms with Crippen molar-refractivity contribution in [3.8, 4) is 0 Å². The van der Waals surface area contributed by atoms with Crippen molar-refractivity contribution >= 4 is 11.9 Å². The Morgan fingerprint density at radius 3 is 2.00 bits per heavy atom. The Labute approximate surface area is 96.4 Å². The number of aliphatic carboxylic acids is 1. The number of amides is 1. The number of hydrogen-bond acceptors (Lipinski definition) is 2. The quantitative estimate of drug-likeness (QED) is 0.752. The highest BCUT2D eigenvalue weighted by Gasteiger charge is 2.65. The van der Waals surface area contributed by atoms with E-state index in [1.165, 1.54) is 0 Å². The average molecular weight is 227 g/mol. The van der Waals surface area contributed by atoms with Gasteiger partial charge >= 0.3 is 5.97 Å². The highest BCUT2D eigenvalue weighted by atomic mass is 16.4. The van der Waals surface area contributed by atoms with Crippen molar-refractivity contribution < 1.29 is 14.7 Å². The van der Waals surface area contributed by atoms with Gasteiger partial charge in [0.1, 0.15) is 0 Å². The van der Waals surface area contributed by atoms with Crippen molar-refractivity contribution in [1.82, 2.24) is 5.32 Å². The van der Waals surface area contributed by atoms with Crippen LogP contribution in [0.3, 0.4) is 0 Å². The van der Waals surface area contributed by atoms with Crippen LogP contribution in [0.2, 0.25) is 0 Å². The molecular formula is C12H21NO3. The number of carboxylic acids is 1. The molecule has 16 heavy (non-hydrogen) atoms. The van der Waals surface area contributed by atoms with E-state index in [4.69, 9.17) is 5.11 Å². The lowest BCUT2D eigenvalue weighted by atomic mass is 10.0.